The first-order valence-corrected chi connectivity index (χ1v) is 12.2. The number of amides is 3. The van der Waals surface area contributed by atoms with Crippen LogP contribution in [-0.2, 0) is 25.6 Å². The summed E-state index contributed by atoms with van der Waals surface area (Å²) in [6.07, 6.45) is 0.637. The Morgan fingerprint density at radius 1 is 0.921 bits per heavy atom. The summed E-state index contributed by atoms with van der Waals surface area (Å²) in [6, 6.07) is 1.27. The average molecular weight is 538 g/mol. The number of hydrogen-bond donors (Lipinski definition) is 9. The van der Waals surface area contributed by atoms with Crippen LogP contribution < -0.4 is 33.2 Å². The summed E-state index contributed by atoms with van der Waals surface area (Å²) in [5.41, 5.74) is 17.3. The fourth-order valence-corrected chi connectivity index (χ4v) is 3.46. The molecule has 0 aliphatic heterocycles. The lowest BCUT2D eigenvalue weighted by Crippen LogP contribution is -2.58. The van der Waals surface area contributed by atoms with Crippen molar-refractivity contribution in [1.82, 2.24) is 16.0 Å². The lowest BCUT2D eigenvalue weighted by molar-refractivity contribution is -0.143. The molecule has 0 aliphatic carbocycles. The zero-order valence-electron chi connectivity index (χ0n) is 21.6. The van der Waals surface area contributed by atoms with Crippen molar-refractivity contribution in [2.75, 3.05) is 13.2 Å². The van der Waals surface area contributed by atoms with Gasteiger partial charge >= 0.3 is 5.97 Å². The van der Waals surface area contributed by atoms with Gasteiger partial charge in [-0.15, -0.1) is 0 Å². The van der Waals surface area contributed by atoms with Crippen LogP contribution in [0.3, 0.4) is 0 Å². The Bertz CT molecular complexity index is 965. The summed E-state index contributed by atoms with van der Waals surface area (Å²) in [4.78, 5) is 53.7. The Morgan fingerprint density at radius 3 is 2.00 bits per heavy atom. The van der Waals surface area contributed by atoms with Crippen molar-refractivity contribution < 1.29 is 34.5 Å². The molecule has 0 fully saturated rings. The van der Waals surface area contributed by atoms with Crippen LogP contribution in [0.5, 0.6) is 5.75 Å². The number of carbonyl (C=O) groups is 4. The fourth-order valence-electron chi connectivity index (χ4n) is 3.46. The van der Waals surface area contributed by atoms with Crippen LogP contribution in [0.2, 0.25) is 0 Å². The van der Waals surface area contributed by atoms with E-state index in [0.717, 1.165) is 0 Å². The van der Waals surface area contributed by atoms with Crippen LogP contribution in [0, 0.1) is 5.92 Å². The van der Waals surface area contributed by atoms with E-state index < -0.39 is 54.5 Å². The smallest absolute Gasteiger partial charge is 0.326 e. The first-order chi connectivity index (χ1) is 17.8. The van der Waals surface area contributed by atoms with Gasteiger partial charge in [0.25, 0.3) is 0 Å². The SMILES string of the molecule is CC(C)CC(NC(=O)C(CO)NC(=O)C(CCCN=C(N)N)NC(=O)C(N)Cc1ccc(O)cc1)C(=O)O. The second-order valence-corrected chi connectivity index (χ2v) is 9.26. The van der Waals surface area contributed by atoms with Gasteiger partial charge in [-0.3, -0.25) is 19.4 Å². The molecule has 1 aromatic rings. The number of carbonyl (C=O) groups excluding carboxylic acids is 3. The average Bonchev–Trinajstić information content (AvgIpc) is 2.84. The van der Waals surface area contributed by atoms with E-state index in [1.165, 1.54) is 12.1 Å². The van der Waals surface area contributed by atoms with Gasteiger partial charge in [-0.25, -0.2) is 4.79 Å². The molecule has 38 heavy (non-hydrogen) atoms. The first-order valence-electron chi connectivity index (χ1n) is 12.2. The molecular formula is C24H39N7O7. The predicted molar refractivity (Wildman–Crippen MR) is 140 cm³/mol. The molecule has 0 aliphatic rings. The van der Waals surface area contributed by atoms with Crippen molar-refractivity contribution in [2.45, 2.75) is 63.7 Å². The number of guanidine groups is 1. The van der Waals surface area contributed by atoms with Crippen LogP contribution in [0.15, 0.2) is 29.3 Å². The van der Waals surface area contributed by atoms with Crippen molar-refractivity contribution >= 4 is 29.7 Å². The molecule has 0 saturated carbocycles. The van der Waals surface area contributed by atoms with Crippen molar-refractivity contribution in [3.63, 3.8) is 0 Å². The van der Waals surface area contributed by atoms with Gasteiger partial charge in [0.05, 0.1) is 12.6 Å². The number of carboxylic acid groups (broad SMARTS) is 1. The minimum absolute atomic E-state index is 0.0332. The molecule has 1 rings (SSSR count). The monoisotopic (exact) mass is 537 g/mol. The maximum atomic E-state index is 13.0. The Morgan fingerprint density at radius 2 is 1.47 bits per heavy atom. The topological polar surface area (TPSA) is 255 Å². The number of hydrogen-bond acceptors (Lipinski definition) is 8. The molecule has 1 aromatic carbocycles. The number of aliphatic hydroxyl groups is 1. The zero-order chi connectivity index (χ0) is 28.8. The Balaban J connectivity index is 2.92. The molecule has 14 heteroatoms. The minimum Gasteiger partial charge on any atom is -0.508 e. The van der Waals surface area contributed by atoms with Gasteiger partial charge in [-0.1, -0.05) is 26.0 Å². The molecule has 4 unspecified atom stereocenters. The maximum Gasteiger partial charge on any atom is 0.326 e. The molecule has 212 valence electrons. The van der Waals surface area contributed by atoms with Crippen molar-refractivity contribution in [3.05, 3.63) is 29.8 Å². The summed E-state index contributed by atoms with van der Waals surface area (Å²) >= 11 is 0. The van der Waals surface area contributed by atoms with E-state index in [4.69, 9.17) is 17.2 Å². The number of phenolic OH excluding ortho intramolecular Hbond substituents is 1. The van der Waals surface area contributed by atoms with Crippen LogP contribution in [-0.4, -0.2) is 82.3 Å². The highest BCUT2D eigenvalue weighted by Gasteiger charge is 2.30. The highest BCUT2D eigenvalue weighted by atomic mass is 16.4. The highest BCUT2D eigenvalue weighted by Crippen LogP contribution is 2.11. The normalized spacial score (nSPS) is 14.0. The van der Waals surface area contributed by atoms with Crippen LogP contribution >= 0.6 is 0 Å². The highest BCUT2D eigenvalue weighted by molar-refractivity contribution is 5.94. The lowest BCUT2D eigenvalue weighted by atomic mass is 10.0. The second-order valence-electron chi connectivity index (χ2n) is 9.26. The van der Waals surface area contributed by atoms with E-state index in [2.05, 4.69) is 20.9 Å². The second kappa shape index (κ2) is 16.0. The Hall–Kier alpha value is -3.91. The number of aliphatic carboxylic acids is 1. The summed E-state index contributed by atoms with van der Waals surface area (Å²) in [5.74, 6) is -3.68. The summed E-state index contributed by atoms with van der Waals surface area (Å²) in [5, 5.41) is 35.7. The summed E-state index contributed by atoms with van der Waals surface area (Å²) in [7, 11) is 0. The Labute approximate surface area is 221 Å². The molecule has 0 aromatic heterocycles. The van der Waals surface area contributed by atoms with E-state index in [9.17, 15) is 34.5 Å². The van der Waals surface area contributed by atoms with Crippen LogP contribution in [0.4, 0.5) is 0 Å². The third-order valence-electron chi connectivity index (χ3n) is 5.44. The third-order valence-corrected chi connectivity index (χ3v) is 5.44. The molecular weight excluding hydrogens is 498 g/mol. The van der Waals surface area contributed by atoms with Crippen LogP contribution in [0.1, 0.15) is 38.7 Å². The van der Waals surface area contributed by atoms with Crippen molar-refractivity contribution in [3.8, 4) is 5.75 Å². The number of phenols is 1. The van der Waals surface area contributed by atoms with Crippen LogP contribution in [0.25, 0.3) is 0 Å². The van der Waals surface area contributed by atoms with Gasteiger partial charge in [0, 0.05) is 6.54 Å². The molecule has 0 radical (unpaired) electrons. The largest absolute Gasteiger partial charge is 0.508 e. The summed E-state index contributed by atoms with van der Waals surface area (Å²) < 4.78 is 0. The van der Waals surface area contributed by atoms with Gasteiger partial charge in [-0.2, -0.15) is 0 Å². The van der Waals surface area contributed by atoms with Gasteiger partial charge in [0.15, 0.2) is 5.96 Å². The fraction of sp³-hybridized carbons (Fsp3) is 0.542. The third kappa shape index (κ3) is 11.9. The van der Waals surface area contributed by atoms with Gasteiger partial charge in [0.1, 0.15) is 23.9 Å². The number of aliphatic imine (C=N–C) groups is 1. The van der Waals surface area contributed by atoms with Crippen molar-refractivity contribution in [2.24, 2.45) is 28.1 Å². The number of nitrogens with two attached hydrogens (primary N) is 3. The van der Waals surface area contributed by atoms with Gasteiger partial charge < -0.3 is 48.5 Å². The first kappa shape index (κ1) is 32.1. The predicted octanol–water partition coefficient (Wildman–Crippen LogP) is -2.11. The number of nitrogens with zero attached hydrogens (tertiary/aromatic N) is 1. The van der Waals surface area contributed by atoms with E-state index in [1.807, 2.05) is 0 Å². The van der Waals surface area contributed by atoms with Crippen molar-refractivity contribution in [1.29, 1.82) is 0 Å². The number of benzene rings is 1. The zero-order valence-corrected chi connectivity index (χ0v) is 21.6. The Kier molecular flexibility index (Phi) is 13.6. The molecule has 12 N–H and O–H groups in total. The molecule has 14 nitrogen and oxygen atoms in total. The lowest BCUT2D eigenvalue weighted by Gasteiger charge is -2.24. The molecule has 0 bridgehead atoms. The molecule has 0 saturated heterocycles. The molecule has 0 heterocycles. The van der Waals surface area contributed by atoms with Gasteiger partial charge in [-0.05, 0) is 49.3 Å². The number of aromatic hydroxyl groups is 1. The minimum atomic E-state index is -1.46. The molecule has 3 amide bonds. The molecule has 4 atom stereocenters. The van der Waals surface area contributed by atoms with Gasteiger partial charge in [0.2, 0.25) is 17.7 Å². The maximum absolute atomic E-state index is 13.0. The number of nitrogens with one attached hydrogen (secondary N) is 3. The number of carboxylic acids is 1. The van der Waals surface area contributed by atoms with E-state index in [-0.39, 0.29) is 49.9 Å². The quantitative estimate of drug-likeness (QED) is 0.0630. The number of aliphatic hydroxyl groups excluding tert-OH is 1. The molecule has 0 spiro atoms. The standard InChI is InChI=1S/C24H39N7O7/c1-13(2)10-18(23(37)38)30-22(36)19(12-32)31-21(35)17(4-3-9-28-24(26)27)29-20(34)16(25)11-14-5-7-15(33)8-6-14/h5-8,13,16-19,32-33H,3-4,9-12,25H2,1-2H3,(H,29,34)(H,30,36)(H,31,35)(H,37,38)(H4,26,27,28). The number of rotatable bonds is 16. The van der Waals surface area contributed by atoms with E-state index >= 15 is 0 Å². The van der Waals surface area contributed by atoms with E-state index in [0.29, 0.717) is 5.56 Å². The summed E-state index contributed by atoms with van der Waals surface area (Å²) in [6.45, 7) is 2.94. The van der Waals surface area contributed by atoms with E-state index in [1.54, 1.807) is 26.0 Å².